The Labute approximate surface area is 179 Å². The minimum absolute atomic E-state index is 0.0211. The predicted molar refractivity (Wildman–Crippen MR) is 118 cm³/mol. The van der Waals surface area contributed by atoms with Gasteiger partial charge < -0.3 is 9.64 Å². The Morgan fingerprint density at radius 3 is 2.90 bits per heavy atom. The topological polar surface area (TPSA) is 64.4 Å². The minimum Gasteiger partial charge on any atom is -0.383 e. The first-order valence-electron chi connectivity index (χ1n) is 10.6. The zero-order valence-electron chi connectivity index (χ0n) is 17.2. The van der Waals surface area contributed by atoms with E-state index in [1.165, 1.54) is 35.0 Å². The molecule has 29 heavy (non-hydrogen) atoms. The maximum atomic E-state index is 13.4. The molecule has 0 unspecified atom stereocenters. The van der Waals surface area contributed by atoms with Gasteiger partial charge in [-0.2, -0.15) is 0 Å². The highest BCUT2D eigenvalue weighted by molar-refractivity contribution is 7.99. The van der Waals surface area contributed by atoms with Crippen LogP contribution in [0.2, 0.25) is 0 Å². The molecule has 1 aliphatic carbocycles. The van der Waals surface area contributed by atoms with Gasteiger partial charge in [0.2, 0.25) is 5.91 Å². The number of ether oxygens (including phenoxy) is 1. The van der Waals surface area contributed by atoms with Crippen LogP contribution in [0.15, 0.2) is 9.95 Å². The number of thiophene rings is 1. The van der Waals surface area contributed by atoms with Gasteiger partial charge in [0.1, 0.15) is 4.83 Å². The summed E-state index contributed by atoms with van der Waals surface area (Å²) in [6, 6.07) is 0.298. The Bertz CT molecular complexity index is 953. The molecular weight excluding hydrogens is 406 g/mol. The standard InChI is InChI=1S/C21H29N3O3S2/c1-14-7-5-6-10-23(14)17(25)13-28-21-22-19-18(20(26)24(21)11-12-27-2)15-8-3-4-9-16(15)29-19/h14H,3-13H2,1-2H3/t14-/m1/s1. The number of fused-ring (bicyclic) bond motifs is 3. The van der Waals surface area contributed by atoms with Gasteiger partial charge in [-0.05, 0) is 57.4 Å². The molecule has 2 aromatic heterocycles. The number of methoxy groups -OCH3 is 1. The summed E-state index contributed by atoms with van der Waals surface area (Å²) in [6.07, 6.45) is 7.66. The van der Waals surface area contributed by atoms with E-state index in [1.54, 1.807) is 23.0 Å². The van der Waals surface area contributed by atoms with E-state index in [-0.39, 0.29) is 11.5 Å². The van der Waals surface area contributed by atoms with E-state index in [1.807, 2.05) is 4.90 Å². The average molecular weight is 436 g/mol. The minimum atomic E-state index is 0.0211. The van der Waals surface area contributed by atoms with Gasteiger partial charge in [-0.15, -0.1) is 11.3 Å². The maximum Gasteiger partial charge on any atom is 0.263 e. The van der Waals surface area contributed by atoms with Crippen LogP contribution in [-0.4, -0.2) is 52.4 Å². The van der Waals surface area contributed by atoms with E-state index < -0.39 is 0 Å². The van der Waals surface area contributed by atoms with Crippen molar-refractivity contribution >= 4 is 39.2 Å². The van der Waals surface area contributed by atoms with E-state index in [0.717, 1.165) is 48.9 Å². The lowest BCUT2D eigenvalue weighted by atomic mass is 9.97. The van der Waals surface area contributed by atoms with Crippen LogP contribution < -0.4 is 5.56 Å². The quantitative estimate of drug-likeness (QED) is 0.513. The molecule has 8 heteroatoms. The fourth-order valence-electron chi connectivity index (χ4n) is 4.39. The molecule has 0 saturated carbocycles. The lowest BCUT2D eigenvalue weighted by Gasteiger charge is -2.33. The van der Waals surface area contributed by atoms with Crippen LogP contribution in [0, 0.1) is 0 Å². The molecule has 0 aromatic carbocycles. The molecule has 4 rings (SSSR count). The van der Waals surface area contributed by atoms with Gasteiger partial charge in [0.25, 0.3) is 5.56 Å². The summed E-state index contributed by atoms with van der Waals surface area (Å²) in [6.45, 7) is 3.86. The number of hydrogen-bond acceptors (Lipinski definition) is 6. The molecule has 0 bridgehead atoms. The smallest absolute Gasteiger partial charge is 0.263 e. The van der Waals surface area contributed by atoms with Crippen molar-refractivity contribution in [3.8, 4) is 0 Å². The maximum absolute atomic E-state index is 13.4. The van der Waals surface area contributed by atoms with Crippen LogP contribution in [0.25, 0.3) is 10.2 Å². The number of aromatic nitrogens is 2. The summed E-state index contributed by atoms with van der Waals surface area (Å²) >= 11 is 3.05. The van der Waals surface area contributed by atoms with Crippen molar-refractivity contribution in [3.05, 3.63) is 20.8 Å². The summed E-state index contributed by atoms with van der Waals surface area (Å²) in [4.78, 5) is 35.1. The number of hydrogen-bond donors (Lipinski definition) is 0. The first kappa shape index (κ1) is 20.9. The molecular formula is C21H29N3O3S2. The normalized spacial score (nSPS) is 19.5. The van der Waals surface area contributed by atoms with E-state index in [4.69, 9.17) is 9.72 Å². The molecule has 0 spiro atoms. The third kappa shape index (κ3) is 4.25. The van der Waals surface area contributed by atoms with Crippen molar-refractivity contribution in [2.45, 2.75) is 69.6 Å². The van der Waals surface area contributed by atoms with Crippen LogP contribution in [0.4, 0.5) is 0 Å². The third-order valence-electron chi connectivity index (χ3n) is 6.01. The Balaban J connectivity index is 1.63. The number of piperidine rings is 1. The van der Waals surface area contributed by atoms with Crippen molar-refractivity contribution < 1.29 is 9.53 Å². The van der Waals surface area contributed by atoms with Gasteiger partial charge in [-0.3, -0.25) is 14.2 Å². The highest BCUT2D eigenvalue weighted by Gasteiger charge is 2.25. The molecule has 1 saturated heterocycles. The molecule has 1 aliphatic heterocycles. The Morgan fingerprint density at radius 2 is 2.10 bits per heavy atom. The highest BCUT2D eigenvalue weighted by Crippen LogP contribution is 2.34. The van der Waals surface area contributed by atoms with Gasteiger partial charge in [-0.1, -0.05) is 11.8 Å². The first-order chi connectivity index (χ1) is 14.1. The zero-order chi connectivity index (χ0) is 20.4. The number of carbonyl (C=O) groups is 1. The molecule has 158 valence electrons. The van der Waals surface area contributed by atoms with Gasteiger partial charge in [0, 0.05) is 24.6 Å². The van der Waals surface area contributed by atoms with Crippen molar-refractivity contribution in [1.29, 1.82) is 0 Å². The number of nitrogens with zero attached hydrogens (tertiary/aromatic N) is 3. The molecule has 1 fully saturated rings. The summed E-state index contributed by atoms with van der Waals surface area (Å²) in [5.74, 6) is 0.459. The van der Waals surface area contributed by atoms with E-state index in [2.05, 4.69) is 6.92 Å². The van der Waals surface area contributed by atoms with Gasteiger partial charge in [-0.25, -0.2) is 4.98 Å². The van der Waals surface area contributed by atoms with Crippen LogP contribution in [-0.2, 0) is 28.9 Å². The molecule has 1 amide bonds. The largest absolute Gasteiger partial charge is 0.383 e. The van der Waals surface area contributed by atoms with Gasteiger partial charge in [0.05, 0.1) is 24.3 Å². The molecule has 6 nitrogen and oxygen atoms in total. The monoisotopic (exact) mass is 435 g/mol. The van der Waals surface area contributed by atoms with Crippen molar-refractivity contribution in [2.24, 2.45) is 0 Å². The number of amides is 1. The summed E-state index contributed by atoms with van der Waals surface area (Å²) in [7, 11) is 1.64. The number of likely N-dealkylation sites (tertiary alicyclic amines) is 1. The lowest BCUT2D eigenvalue weighted by Crippen LogP contribution is -2.43. The summed E-state index contributed by atoms with van der Waals surface area (Å²) < 4.78 is 6.94. The zero-order valence-corrected chi connectivity index (χ0v) is 18.9. The lowest BCUT2D eigenvalue weighted by molar-refractivity contribution is -0.131. The van der Waals surface area contributed by atoms with E-state index in [0.29, 0.717) is 30.1 Å². The Kier molecular flexibility index (Phi) is 6.61. The molecule has 2 aliphatic rings. The van der Waals surface area contributed by atoms with Crippen molar-refractivity contribution in [3.63, 3.8) is 0 Å². The SMILES string of the molecule is COCCn1c(SCC(=O)N2CCCC[C@H]2C)nc2sc3c(c2c1=O)CCCC3. The number of carbonyl (C=O) groups excluding carboxylic acids is 1. The van der Waals surface area contributed by atoms with Crippen LogP contribution in [0.3, 0.4) is 0 Å². The number of aryl methyl sites for hydroxylation is 2. The second-order valence-electron chi connectivity index (χ2n) is 7.96. The number of thioether (sulfide) groups is 1. The predicted octanol–water partition coefficient (Wildman–Crippen LogP) is 3.48. The third-order valence-corrected chi connectivity index (χ3v) is 8.15. The molecule has 3 heterocycles. The molecule has 0 radical (unpaired) electrons. The summed E-state index contributed by atoms with van der Waals surface area (Å²) in [5, 5.41) is 1.43. The fourth-order valence-corrected chi connectivity index (χ4v) is 6.60. The molecule has 1 atom stereocenters. The number of rotatable bonds is 6. The average Bonchev–Trinajstić information content (AvgIpc) is 3.10. The molecule has 0 N–H and O–H groups in total. The first-order valence-corrected chi connectivity index (χ1v) is 12.4. The molecule has 2 aromatic rings. The van der Waals surface area contributed by atoms with E-state index in [9.17, 15) is 9.59 Å². The van der Waals surface area contributed by atoms with E-state index >= 15 is 0 Å². The Hall–Kier alpha value is -1.38. The van der Waals surface area contributed by atoms with Crippen LogP contribution in [0.5, 0.6) is 0 Å². The van der Waals surface area contributed by atoms with Gasteiger partial charge in [0.15, 0.2) is 5.16 Å². The second kappa shape index (κ2) is 9.18. The van der Waals surface area contributed by atoms with Crippen LogP contribution in [0.1, 0.15) is 49.5 Å². The van der Waals surface area contributed by atoms with Crippen LogP contribution >= 0.6 is 23.1 Å². The van der Waals surface area contributed by atoms with Gasteiger partial charge >= 0.3 is 0 Å². The second-order valence-corrected chi connectivity index (χ2v) is 9.98. The van der Waals surface area contributed by atoms with Crippen molar-refractivity contribution in [2.75, 3.05) is 26.0 Å². The Morgan fingerprint density at radius 1 is 1.28 bits per heavy atom. The highest BCUT2D eigenvalue weighted by atomic mass is 32.2. The van der Waals surface area contributed by atoms with Crippen molar-refractivity contribution in [1.82, 2.24) is 14.5 Å². The summed E-state index contributed by atoms with van der Waals surface area (Å²) in [5.41, 5.74) is 1.22. The fraction of sp³-hybridized carbons (Fsp3) is 0.667.